The molecule has 0 spiro atoms. The molecule has 0 bridgehead atoms. The SMILES string of the molecule is CC(C)Oc1ccc(Cc2ccccc2)cc1C(=O)CC(=O)C(=O)O.CN. The molecule has 0 aliphatic carbocycles. The first-order valence-corrected chi connectivity index (χ1v) is 8.57. The number of ketones is 2. The highest BCUT2D eigenvalue weighted by atomic mass is 16.5. The number of aliphatic carboxylic acids is 1. The van der Waals surface area contributed by atoms with E-state index in [4.69, 9.17) is 9.84 Å². The Labute approximate surface area is 159 Å². The van der Waals surface area contributed by atoms with Gasteiger partial charge in [-0.25, -0.2) is 4.79 Å². The Balaban J connectivity index is 0.00000176. The molecule has 0 saturated carbocycles. The van der Waals surface area contributed by atoms with Crippen LogP contribution < -0.4 is 10.5 Å². The fourth-order valence-electron chi connectivity index (χ4n) is 2.41. The number of hydrogen-bond acceptors (Lipinski definition) is 5. The maximum atomic E-state index is 12.4. The normalized spacial score (nSPS) is 9.96. The molecule has 0 heterocycles. The quantitative estimate of drug-likeness (QED) is 0.420. The van der Waals surface area contributed by atoms with Gasteiger partial charge in [0.1, 0.15) is 5.75 Å². The predicted molar refractivity (Wildman–Crippen MR) is 103 cm³/mol. The van der Waals surface area contributed by atoms with E-state index in [0.717, 1.165) is 11.1 Å². The van der Waals surface area contributed by atoms with E-state index in [1.165, 1.54) is 7.05 Å². The summed E-state index contributed by atoms with van der Waals surface area (Å²) in [5, 5.41) is 8.71. The number of carbonyl (C=O) groups is 3. The monoisotopic (exact) mass is 371 g/mol. The average molecular weight is 371 g/mol. The van der Waals surface area contributed by atoms with Crippen LogP contribution in [0, 0.1) is 0 Å². The van der Waals surface area contributed by atoms with Crippen molar-refractivity contribution in [2.45, 2.75) is 32.8 Å². The van der Waals surface area contributed by atoms with Crippen molar-refractivity contribution in [2.75, 3.05) is 7.05 Å². The molecule has 3 N–H and O–H groups in total. The zero-order valence-electron chi connectivity index (χ0n) is 15.8. The van der Waals surface area contributed by atoms with Crippen molar-refractivity contribution in [3.63, 3.8) is 0 Å². The van der Waals surface area contributed by atoms with Crippen LogP contribution in [0.3, 0.4) is 0 Å². The van der Waals surface area contributed by atoms with Crippen molar-refractivity contribution >= 4 is 17.5 Å². The average Bonchev–Trinajstić information content (AvgIpc) is 2.65. The first-order valence-electron chi connectivity index (χ1n) is 8.57. The van der Waals surface area contributed by atoms with Gasteiger partial charge in [0.2, 0.25) is 5.78 Å². The van der Waals surface area contributed by atoms with Gasteiger partial charge in [-0.15, -0.1) is 0 Å². The van der Waals surface area contributed by atoms with Gasteiger partial charge in [0, 0.05) is 0 Å². The number of carboxylic acid groups (broad SMARTS) is 1. The van der Waals surface area contributed by atoms with Gasteiger partial charge in [0.05, 0.1) is 18.1 Å². The Morgan fingerprint density at radius 2 is 1.63 bits per heavy atom. The van der Waals surface area contributed by atoms with Crippen LogP contribution in [-0.2, 0) is 16.0 Å². The molecule has 6 nitrogen and oxygen atoms in total. The minimum Gasteiger partial charge on any atom is -0.490 e. The first kappa shape index (κ1) is 22.1. The zero-order chi connectivity index (χ0) is 20.4. The highest BCUT2D eigenvalue weighted by molar-refractivity contribution is 6.37. The van der Waals surface area contributed by atoms with E-state index in [-0.39, 0.29) is 11.7 Å². The molecule has 27 heavy (non-hydrogen) atoms. The lowest BCUT2D eigenvalue weighted by Crippen LogP contribution is -2.18. The van der Waals surface area contributed by atoms with Crippen LogP contribution in [0.1, 0.15) is 41.8 Å². The lowest BCUT2D eigenvalue weighted by atomic mass is 9.98. The summed E-state index contributed by atoms with van der Waals surface area (Å²) in [4.78, 5) is 34.5. The summed E-state index contributed by atoms with van der Waals surface area (Å²) in [6.07, 6.45) is -0.212. The van der Waals surface area contributed by atoms with Crippen LogP contribution in [0.5, 0.6) is 5.75 Å². The number of hydrogen-bond donors (Lipinski definition) is 2. The van der Waals surface area contributed by atoms with Crippen LogP contribution >= 0.6 is 0 Å². The molecule has 144 valence electrons. The second kappa shape index (κ2) is 10.9. The molecular formula is C21H25NO5. The number of nitrogens with two attached hydrogens (primary N) is 1. The highest BCUT2D eigenvalue weighted by Gasteiger charge is 2.21. The Bertz CT molecular complexity index is 784. The lowest BCUT2D eigenvalue weighted by Gasteiger charge is -2.15. The minimum atomic E-state index is -1.61. The van der Waals surface area contributed by atoms with E-state index >= 15 is 0 Å². The van der Waals surface area contributed by atoms with Crippen LogP contribution in [0.4, 0.5) is 0 Å². The van der Waals surface area contributed by atoms with Crippen molar-refractivity contribution in [1.82, 2.24) is 0 Å². The fraction of sp³-hybridized carbons (Fsp3) is 0.286. The van der Waals surface area contributed by atoms with Crippen LogP contribution in [-0.4, -0.2) is 35.8 Å². The summed E-state index contributed by atoms with van der Waals surface area (Å²) >= 11 is 0. The van der Waals surface area contributed by atoms with Gasteiger partial charge in [-0.05, 0) is 50.6 Å². The molecule has 0 atom stereocenters. The van der Waals surface area contributed by atoms with E-state index in [1.807, 2.05) is 50.2 Å². The van der Waals surface area contributed by atoms with E-state index in [1.54, 1.807) is 12.1 Å². The van der Waals surface area contributed by atoms with Gasteiger partial charge < -0.3 is 15.6 Å². The van der Waals surface area contributed by atoms with Gasteiger partial charge in [0.15, 0.2) is 5.78 Å². The zero-order valence-corrected chi connectivity index (χ0v) is 15.8. The molecule has 0 aromatic heterocycles. The second-order valence-corrected chi connectivity index (χ2v) is 5.99. The molecule has 0 fully saturated rings. The van der Waals surface area contributed by atoms with Gasteiger partial charge in [-0.2, -0.15) is 0 Å². The van der Waals surface area contributed by atoms with Gasteiger partial charge in [0.25, 0.3) is 0 Å². The molecule has 2 aromatic rings. The second-order valence-electron chi connectivity index (χ2n) is 5.99. The summed E-state index contributed by atoms with van der Waals surface area (Å²) < 4.78 is 5.63. The minimum absolute atomic E-state index is 0.151. The number of benzene rings is 2. The Morgan fingerprint density at radius 3 is 2.19 bits per heavy atom. The van der Waals surface area contributed by atoms with Crippen LogP contribution in [0.15, 0.2) is 48.5 Å². The topological polar surface area (TPSA) is 107 Å². The number of carboxylic acids is 1. The Kier molecular flexibility index (Phi) is 8.89. The molecule has 0 amide bonds. The van der Waals surface area contributed by atoms with Crippen molar-refractivity contribution in [3.8, 4) is 5.75 Å². The number of Topliss-reactive ketones (excluding diaryl/α,β-unsaturated/α-hetero) is 2. The number of ether oxygens (including phenoxy) is 1. The molecule has 0 unspecified atom stereocenters. The summed E-state index contributed by atoms with van der Waals surface area (Å²) in [6.45, 7) is 3.66. The first-order chi connectivity index (χ1) is 12.9. The third-order valence-corrected chi connectivity index (χ3v) is 3.52. The third-order valence-electron chi connectivity index (χ3n) is 3.52. The maximum Gasteiger partial charge on any atom is 0.372 e. The smallest absolute Gasteiger partial charge is 0.372 e. The molecule has 0 aliphatic rings. The summed E-state index contributed by atoms with van der Waals surface area (Å²) in [5.74, 6) is -2.94. The Morgan fingerprint density at radius 1 is 1.00 bits per heavy atom. The molecular weight excluding hydrogens is 346 g/mol. The number of rotatable bonds is 8. The van der Waals surface area contributed by atoms with Crippen LogP contribution in [0.2, 0.25) is 0 Å². The lowest BCUT2D eigenvalue weighted by molar-refractivity contribution is -0.148. The summed E-state index contributed by atoms with van der Waals surface area (Å²) in [5.41, 5.74) is 6.70. The predicted octanol–water partition coefficient (Wildman–Crippen LogP) is 2.87. The van der Waals surface area contributed by atoms with Crippen molar-refractivity contribution in [1.29, 1.82) is 0 Å². The van der Waals surface area contributed by atoms with Crippen molar-refractivity contribution in [2.24, 2.45) is 5.73 Å². The molecule has 0 saturated heterocycles. The Hall–Kier alpha value is -2.99. The maximum absolute atomic E-state index is 12.4. The van der Waals surface area contributed by atoms with E-state index in [2.05, 4.69) is 5.73 Å². The van der Waals surface area contributed by atoms with Gasteiger partial charge >= 0.3 is 5.97 Å². The van der Waals surface area contributed by atoms with Crippen molar-refractivity contribution < 1.29 is 24.2 Å². The molecule has 2 rings (SSSR count). The fourth-order valence-corrected chi connectivity index (χ4v) is 2.41. The van der Waals surface area contributed by atoms with E-state index in [9.17, 15) is 14.4 Å². The molecule has 0 aliphatic heterocycles. The molecule has 2 aromatic carbocycles. The number of carbonyl (C=O) groups excluding carboxylic acids is 2. The standard InChI is InChI=1S/C20H20O5.CH5N/c1-13(2)25-19-9-8-15(10-14-6-4-3-5-7-14)11-16(19)17(21)12-18(22)20(23)24;1-2/h3-9,11,13H,10,12H2,1-2H3,(H,23,24);2H2,1H3. The summed E-state index contributed by atoms with van der Waals surface area (Å²) in [6, 6.07) is 15.0. The molecule has 6 heteroatoms. The van der Waals surface area contributed by atoms with Gasteiger partial charge in [-0.1, -0.05) is 36.4 Å². The van der Waals surface area contributed by atoms with Gasteiger partial charge in [-0.3, -0.25) is 9.59 Å². The summed E-state index contributed by atoms with van der Waals surface area (Å²) in [7, 11) is 1.50. The van der Waals surface area contributed by atoms with E-state index < -0.39 is 24.0 Å². The third kappa shape index (κ3) is 7.03. The van der Waals surface area contributed by atoms with E-state index in [0.29, 0.717) is 12.2 Å². The molecule has 0 radical (unpaired) electrons. The van der Waals surface area contributed by atoms with Crippen LogP contribution in [0.25, 0.3) is 0 Å². The highest BCUT2D eigenvalue weighted by Crippen LogP contribution is 2.24. The largest absolute Gasteiger partial charge is 0.490 e. The van der Waals surface area contributed by atoms with Crippen molar-refractivity contribution in [3.05, 3.63) is 65.2 Å².